The molecule has 2 aromatic heterocycles. The van der Waals surface area contributed by atoms with Crippen molar-refractivity contribution in [3.05, 3.63) is 60.0 Å². The first-order valence-electron chi connectivity index (χ1n) is 8.74. The number of nitrogens with one attached hydrogen (secondary N) is 2. The lowest BCUT2D eigenvalue weighted by atomic mass is 10.0. The first-order valence-corrected chi connectivity index (χ1v) is 8.74. The molecule has 1 aliphatic heterocycles. The second kappa shape index (κ2) is 6.63. The Morgan fingerprint density at radius 2 is 2.19 bits per heavy atom. The van der Waals surface area contributed by atoms with Gasteiger partial charge < -0.3 is 10.6 Å². The first-order chi connectivity index (χ1) is 12.6. The van der Waals surface area contributed by atoms with Crippen LogP contribution in [0.3, 0.4) is 0 Å². The van der Waals surface area contributed by atoms with E-state index in [2.05, 4.69) is 27.6 Å². The maximum absolute atomic E-state index is 12.7. The van der Waals surface area contributed by atoms with Gasteiger partial charge in [0.1, 0.15) is 11.4 Å². The van der Waals surface area contributed by atoms with Crippen LogP contribution in [0.25, 0.3) is 11.1 Å². The molecule has 6 nitrogen and oxygen atoms in total. The van der Waals surface area contributed by atoms with E-state index in [-0.39, 0.29) is 5.91 Å². The maximum Gasteiger partial charge on any atom is 0.261 e. The first kappa shape index (κ1) is 16.3. The van der Waals surface area contributed by atoms with Crippen LogP contribution in [0.15, 0.2) is 48.9 Å². The second-order valence-electron chi connectivity index (χ2n) is 6.80. The summed E-state index contributed by atoms with van der Waals surface area (Å²) in [5.74, 6) is 1.15. The van der Waals surface area contributed by atoms with Crippen molar-refractivity contribution in [1.29, 1.82) is 0 Å². The number of aromatic nitrogens is 3. The Morgan fingerprint density at radius 3 is 2.96 bits per heavy atom. The van der Waals surface area contributed by atoms with Crippen molar-refractivity contribution in [3.8, 4) is 11.1 Å². The molecule has 1 aliphatic rings. The number of nitrogens with zero attached hydrogens (tertiary/aromatic N) is 3. The van der Waals surface area contributed by atoms with Gasteiger partial charge in [0, 0.05) is 36.7 Å². The maximum atomic E-state index is 12.7. The standard InChI is InChI=1S/C20H21N5O/c1-13-9-22-19-18(11-23-25(19)12-13)20(26)24-16-5-6-17(14(2)8-16)15-4-3-7-21-10-15/h3-8,10-11,13,22H,9,12H2,1-2H3,(H,24,26). The number of pyridine rings is 1. The van der Waals surface area contributed by atoms with E-state index in [0.717, 1.165) is 41.3 Å². The molecule has 2 N–H and O–H groups in total. The van der Waals surface area contributed by atoms with Gasteiger partial charge >= 0.3 is 0 Å². The smallest absolute Gasteiger partial charge is 0.261 e. The van der Waals surface area contributed by atoms with Crippen molar-refractivity contribution in [1.82, 2.24) is 14.8 Å². The summed E-state index contributed by atoms with van der Waals surface area (Å²) in [7, 11) is 0. The molecule has 0 saturated heterocycles. The van der Waals surface area contributed by atoms with Crippen LogP contribution in [0.5, 0.6) is 0 Å². The summed E-state index contributed by atoms with van der Waals surface area (Å²) in [4.78, 5) is 16.8. The Kier molecular flexibility index (Phi) is 4.16. The third kappa shape index (κ3) is 3.06. The normalized spacial score (nSPS) is 15.8. The second-order valence-corrected chi connectivity index (χ2v) is 6.80. The van der Waals surface area contributed by atoms with Gasteiger partial charge in [0.15, 0.2) is 0 Å². The molecule has 0 bridgehead atoms. The zero-order valence-electron chi connectivity index (χ0n) is 14.9. The minimum Gasteiger partial charge on any atom is -0.369 e. The summed E-state index contributed by atoms with van der Waals surface area (Å²) in [6, 6.07) is 9.85. The molecule has 0 spiro atoms. The largest absolute Gasteiger partial charge is 0.369 e. The highest BCUT2D eigenvalue weighted by Crippen LogP contribution is 2.26. The molecule has 3 aromatic rings. The lowest BCUT2D eigenvalue weighted by Gasteiger charge is -2.22. The fourth-order valence-corrected chi connectivity index (χ4v) is 3.29. The lowest BCUT2D eigenvalue weighted by molar-refractivity contribution is 0.102. The van der Waals surface area contributed by atoms with Crippen LogP contribution in [-0.2, 0) is 6.54 Å². The fourth-order valence-electron chi connectivity index (χ4n) is 3.29. The predicted octanol–water partition coefficient (Wildman–Crippen LogP) is 3.57. The molecule has 3 heterocycles. The van der Waals surface area contributed by atoms with Crippen molar-refractivity contribution in [2.75, 3.05) is 17.2 Å². The summed E-state index contributed by atoms with van der Waals surface area (Å²) >= 11 is 0. The van der Waals surface area contributed by atoms with Gasteiger partial charge in [-0.25, -0.2) is 4.68 Å². The molecule has 1 amide bonds. The molecule has 0 saturated carbocycles. The number of carbonyl (C=O) groups excluding carboxylic acids is 1. The number of amides is 1. The van der Waals surface area contributed by atoms with E-state index >= 15 is 0 Å². The van der Waals surface area contributed by atoms with E-state index < -0.39 is 0 Å². The summed E-state index contributed by atoms with van der Waals surface area (Å²) in [6.45, 7) is 5.87. The Morgan fingerprint density at radius 1 is 1.31 bits per heavy atom. The molecule has 1 aromatic carbocycles. The average Bonchev–Trinajstić information content (AvgIpc) is 3.05. The van der Waals surface area contributed by atoms with Crippen molar-refractivity contribution < 1.29 is 4.79 Å². The van der Waals surface area contributed by atoms with Crippen LogP contribution in [0.2, 0.25) is 0 Å². The number of hydrogen-bond donors (Lipinski definition) is 2. The fraction of sp³-hybridized carbons (Fsp3) is 0.250. The van der Waals surface area contributed by atoms with E-state index in [0.29, 0.717) is 11.5 Å². The molecule has 26 heavy (non-hydrogen) atoms. The highest BCUT2D eigenvalue weighted by Gasteiger charge is 2.22. The molecule has 0 fully saturated rings. The van der Waals surface area contributed by atoms with Crippen LogP contribution in [0.1, 0.15) is 22.8 Å². The van der Waals surface area contributed by atoms with Gasteiger partial charge in [-0.2, -0.15) is 5.10 Å². The predicted molar refractivity (Wildman–Crippen MR) is 102 cm³/mol. The molecule has 1 unspecified atom stereocenters. The van der Waals surface area contributed by atoms with Crippen molar-refractivity contribution >= 4 is 17.4 Å². The number of benzene rings is 1. The molecule has 1 atom stereocenters. The molecule has 132 valence electrons. The van der Waals surface area contributed by atoms with Gasteiger partial charge in [-0.3, -0.25) is 9.78 Å². The van der Waals surface area contributed by atoms with Crippen molar-refractivity contribution in [2.45, 2.75) is 20.4 Å². The minimum absolute atomic E-state index is 0.151. The highest BCUT2D eigenvalue weighted by molar-refractivity contribution is 6.07. The van der Waals surface area contributed by atoms with Gasteiger partial charge in [0.2, 0.25) is 0 Å². The van der Waals surface area contributed by atoms with Crippen LogP contribution >= 0.6 is 0 Å². The summed E-state index contributed by atoms with van der Waals surface area (Å²) in [6.07, 6.45) is 5.23. The molecular formula is C20H21N5O. The quantitative estimate of drug-likeness (QED) is 0.760. The monoisotopic (exact) mass is 347 g/mol. The van der Waals surface area contributed by atoms with Crippen molar-refractivity contribution in [3.63, 3.8) is 0 Å². The summed E-state index contributed by atoms with van der Waals surface area (Å²) in [5.41, 5.74) is 4.59. The van der Waals surface area contributed by atoms with E-state index in [4.69, 9.17) is 0 Å². The third-order valence-corrected chi connectivity index (χ3v) is 4.64. The molecule has 0 radical (unpaired) electrons. The molecular weight excluding hydrogens is 326 g/mol. The van der Waals surface area contributed by atoms with Gasteiger partial charge in [-0.1, -0.05) is 19.1 Å². The summed E-state index contributed by atoms with van der Waals surface area (Å²) < 4.78 is 1.86. The van der Waals surface area contributed by atoms with Gasteiger partial charge in [-0.15, -0.1) is 0 Å². The Hall–Kier alpha value is -3.15. The van der Waals surface area contributed by atoms with E-state index in [9.17, 15) is 4.79 Å². The summed E-state index contributed by atoms with van der Waals surface area (Å²) in [5, 5.41) is 10.6. The number of aryl methyl sites for hydroxylation is 1. The number of anilines is 2. The zero-order chi connectivity index (χ0) is 18.1. The zero-order valence-corrected chi connectivity index (χ0v) is 14.9. The SMILES string of the molecule is Cc1cc(NC(=O)c2cnn3c2NCC(C)C3)ccc1-c1cccnc1. The number of hydrogen-bond acceptors (Lipinski definition) is 4. The molecule has 6 heteroatoms. The van der Waals surface area contributed by atoms with E-state index in [1.807, 2.05) is 48.1 Å². The van der Waals surface area contributed by atoms with Crippen LogP contribution in [-0.4, -0.2) is 27.2 Å². The van der Waals surface area contributed by atoms with Crippen LogP contribution in [0.4, 0.5) is 11.5 Å². The van der Waals surface area contributed by atoms with Gasteiger partial charge in [-0.05, 0) is 42.2 Å². The Labute approximate surface area is 152 Å². The van der Waals surface area contributed by atoms with Gasteiger partial charge in [0.25, 0.3) is 5.91 Å². The average molecular weight is 347 g/mol. The highest BCUT2D eigenvalue weighted by atomic mass is 16.1. The minimum atomic E-state index is -0.151. The molecule has 4 rings (SSSR count). The number of carbonyl (C=O) groups is 1. The van der Waals surface area contributed by atoms with E-state index in [1.165, 1.54) is 0 Å². The van der Waals surface area contributed by atoms with Crippen LogP contribution in [0, 0.1) is 12.8 Å². The van der Waals surface area contributed by atoms with Crippen LogP contribution < -0.4 is 10.6 Å². The molecule has 0 aliphatic carbocycles. The van der Waals surface area contributed by atoms with E-state index in [1.54, 1.807) is 12.4 Å². The topological polar surface area (TPSA) is 71.8 Å². The Bertz CT molecular complexity index is 948. The van der Waals surface area contributed by atoms with Gasteiger partial charge in [0.05, 0.1) is 6.20 Å². The number of fused-ring (bicyclic) bond motifs is 1. The number of rotatable bonds is 3. The Balaban J connectivity index is 1.55. The third-order valence-electron chi connectivity index (χ3n) is 4.64. The van der Waals surface area contributed by atoms with Crippen molar-refractivity contribution in [2.24, 2.45) is 5.92 Å². The lowest BCUT2D eigenvalue weighted by Crippen LogP contribution is -2.27.